The van der Waals surface area contributed by atoms with Crippen LogP contribution in [0.3, 0.4) is 0 Å². The minimum atomic E-state index is -0.0796. The number of aromatic nitrogens is 3. The third-order valence-electron chi connectivity index (χ3n) is 4.94. The van der Waals surface area contributed by atoms with Crippen LogP contribution in [0.25, 0.3) is 22.2 Å². The van der Waals surface area contributed by atoms with E-state index < -0.39 is 0 Å². The van der Waals surface area contributed by atoms with Crippen molar-refractivity contribution in [3.05, 3.63) is 72.1 Å². The summed E-state index contributed by atoms with van der Waals surface area (Å²) < 4.78 is 7.88. The van der Waals surface area contributed by atoms with E-state index in [1.165, 1.54) is 0 Å². The van der Waals surface area contributed by atoms with Crippen LogP contribution in [-0.4, -0.2) is 27.7 Å². The number of amides is 1. The maximum Gasteiger partial charge on any atom is 0.251 e. The lowest BCUT2D eigenvalue weighted by molar-refractivity contribution is 0.0962. The molecule has 0 fully saturated rings. The number of nitrogens with zero attached hydrogens (tertiary/aromatic N) is 3. The Morgan fingerprint density at radius 2 is 1.97 bits per heavy atom. The highest BCUT2D eigenvalue weighted by Gasteiger charge is 2.11. The molecule has 4 aromatic rings. The smallest absolute Gasteiger partial charge is 0.251 e. The Bertz CT molecular complexity index is 1200. The second-order valence-corrected chi connectivity index (χ2v) is 6.77. The molecule has 0 bridgehead atoms. The van der Waals surface area contributed by atoms with Crippen molar-refractivity contribution in [2.45, 2.75) is 13.3 Å². The van der Waals surface area contributed by atoms with Crippen molar-refractivity contribution < 1.29 is 11.0 Å². The van der Waals surface area contributed by atoms with Crippen LogP contribution in [0, 0.1) is 0 Å². The third kappa shape index (κ3) is 3.69. The molecular formula is C23H24N4O2. The molecule has 0 aliphatic heterocycles. The summed E-state index contributed by atoms with van der Waals surface area (Å²) in [6.07, 6.45) is 4.32. The maximum absolute atomic E-state index is 12.0. The van der Waals surface area contributed by atoms with Crippen molar-refractivity contribution in [3.63, 3.8) is 0 Å². The molecule has 6 nitrogen and oxygen atoms in total. The fraction of sp³-hybridized carbons (Fsp3) is 0.174. The largest absolute Gasteiger partial charge is 0.457 e. The van der Waals surface area contributed by atoms with Gasteiger partial charge in [0.05, 0.1) is 17.4 Å². The van der Waals surface area contributed by atoms with Gasteiger partial charge in [-0.2, -0.15) is 5.10 Å². The number of rotatable bonds is 5. The highest BCUT2D eigenvalue weighted by atomic mass is 16.5. The van der Waals surface area contributed by atoms with Crippen LogP contribution in [0.5, 0.6) is 11.5 Å². The van der Waals surface area contributed by atoms with Crippen LogP contribution in [0.2, 0.25) is 0 Å². The van der Waals surface area contributed by atoms with Crippen molar-refractivity contribution in [2.24, 2.45) is 7.05 Å². The van der Waals surface area contributed by atoms with Gasteiger partial charge in [-0.1, -0.05) is 13.0 Å². The molecule has 6 heteroatoms. The monoisotopic (exact) mass is 388 g/mol. The van der Waals surface area contributed by atoms with E-state index in [2.05, 4.69) is 15.4 Å². The molecule has 2 heterocycles. The van der Waals surface area contributed by atoms with Crippen molar-refractivity contribution >= 4 is 16.8 Å². The van der Waals surface area contributed by atoms with E-state index in [4.69, 9.17) is 4.74 Å². The van der Waals surface area contributed by atoms with E-state index >= 15 is 0 Å². The summed E-state index contributed by atoms with van der Waals surface area (Å²) in [5, 5.41) is 8.02. The summed E-state index contributed by atoms with van der Waals surface area (Å²) in [4.78, 5) is 16.5. The summed E-state index contributed by atoms with van der Waals surface area (Å²) in [5.74, 6) is 1.36. The Morgan fingerprint density at radius 1 is 1.14 bits per heavy atom. The van der Waals surface area contributed by atoms with E-state index in [-0.39, 0.29) is 7.33 Å². The third-order valence-corrected chi connectivity index (χ3v) is 4.94. The van der Waals surface area contributed by atoms with E-state index in [9.17, 15) is 4.79 Å². The fourth-order valence-electron chi connectivity index (χ4n) is 3.36. The number of aryl methyl sites for hydroxylation is 2. The minimum absolute atomic E-state index is 0. The molecule has 0 unspecified atom stereocenters. The average molecular weight is 388 g/mol. The van der Waals surface area contributed by atoms with Gasteiger partial charge in [0.2, 0.25) is 0 Å². The van der Waals surface area contributed by atoms with Gasteiger partial charge in [0.1, 0.15) is 11.5 Å². The molecule has 2 aromatic carbocycles. The predicted octanol–water partition coefficient (Wildman–Crippen LogP) is 4.60. The van der Waals surface area contributed by atoms with Crippen LogP contribution < -0.4 is 10.1 Å². The molecular weight excluding hydrogens is 364 g/mol. The van der Waals surface area contributed by atoms with Gasteiger partial charge in [0, 0.05) is 50.4 Å². The summed E-state index contributed by atoms with van der Waals surface area (Å²) in [6, 6.07) is 15.4. The van der Waals surface area contributed by atoms with Gasteiger partial charge in [-0.15, -0.1) is 0 Å². The number of pyridine rings is 1. The molecule has 0 atom stereocenters. The molecule has 0 aliphatic rings. The average Bonchev–Trinajstić information content (AvgIpc) is 3.13. The normalized spacial score (nSPS) is 10.9. The zero-order chi connectivity index (χ0) is 20.4. The Hall–Kier alpha value is -3.67. The molecule has 2 aromatic heterocycles. The van der Waals surface area contributed by atoms with Crippen molar-refractivity contribution in [1.82, 2.24) is 20.1 Å². The van der Waals surface area contributed by atoms with Gasteiger partial charge >= 0.3 is 0 Å². The van der Waals surface area contributed by atoms with Crippen LogP contribution in [-0.2, 0) is 13.5 Å². The first-order valence-corrected chi connectivity index (χ1v) is 9.50. The number of nitrogens with one attached hydrogen (secondary N) is 1. The van der Waals surface area contributed by atoms with Gasteiger partial charge < -0.3 is 10.1 Å². The Kier molecular flexibility index (Phi) is 4.99. The number of ether oxygens (including phenoxy) is 1. The number of hydrogen-bond acceptors (Lipinski definition) is 4. The molecule has 0 spiro atoms. The minimum Gasteiger partial charge on any atom is -0.457 e. The second-order valence-electron chi connectivity index (χ2n) is 6.77. The zero-order valence-electron chi connectivity index (χ0n) is 16.6. The lowest BCUT2D eigenvalue weighted by Crippen LogP contribution is -2.19. The molecule has 4 rings (SSSR count). The highest BCUT2D eigenvalue weighted by molar-refractivity contribution is 5.96. The van der Waals surface area contributed by atoms with Gasteiger partial charge in [0.25, 0.3) is 5.91 Å². The molecule has 1 amide bonds. The van der Waals surface area contributed by atoms with Crippen LogP contribution in [0.4, 0.5) is 0 Å². The molecule has 0 saturated heterocycles. The first kappa shape index (κ1) is 18.7. The number of fused-ring (bicyclic) bond motifs is 1. The van der Waals surface area contributed by atoms with Crippen molar-refractivity contribution in [2.75, 3.05) is 7.05 Å². The quantitative estimate of drug-likeness (QED) is 0.543. The van der Waals surface area contributed by atoms with E-state index in [1.807, 2.05) is 73.4 Å². The topological polar surface area (TPSA) is 69.0 Å². The second kappa shape index (κ2) is 7.75. The Labute approximate surface area is 170 Å². The van der Waals surface area contributed by atoms with Crippen molar-refractivity contribution in [1.29, 1.82) is 0 Å². The standard InChI is InChI=1S/C23H22N4O2.H2/c1-4-15-11-16(6-8-20(15)23(28)24-2)21-12-19(9-10-25-21)29-18-7-5-17-14-26-27(3)22(17)13-18;/h5-14H,4H2,1-3H3,(H,24,28);1H. The molecule has 0 aliphatic carbocycles. The summed E-state index contributed by atoms with van der Waals surface area (Å²) >= 11 is 0. The summed E-state index contributed by atoms with van der Waals surface area (Å²) in [7, 11) is 3.55. The van der Waals surface area contributed by atoms with E-state index in [0.29, 0.717) is 11.3 Å². The van der Waals surface area contributed by atoms with Gasteiger partial charge in [0.15, 0.2) is 0 Å². The summed E-state index contributed by atoms with van der Waals surface area (Å²) in [5.41, 5.74) is 4.42. The molecule has 1 N–H and O–H groups in total. The van der Waals surface area contributed by atoms with Gasteiger partial charge in [-0.3, -0.25) is 14.5 Å². The molecule has 29 heavy (non-hydrogen) atoms. The maximum atomic E-state index is 12.0. The van der Waals surface area contributed by atoms with E-state index in [0.717, 1.165) is 39.9 Å². The first-order chi connectivity index (χ1) is 14.1. The van der Waals surface area contributed by atoms with Crippen LogP contribution in [0.15, 0.2) is 60.9 Å². The molecule has 148 valence electrons. The molecule has 0 radical (unpaired) electrons. The zero-order valence-corrected chi connectivity index (χ0v) is 16.6. The first-order valence-electron chi connectivity index (χ1n) is 9.50. The lowest BCUT2D eigenvalue weighted by Gasteiger charge is -2.11. The number of carbonyl (C=O) groups excluding carboxylic acids is 1. The van der Waals surface area contributed by atoms with Gasteiger partial charge in [-0.05, 0) is 42.3 Å². The number of carbonyl (C=O) groups is 1. The van der Waals surface area contributed by atoms with Crippen molar-refractivity contribution in [3.8, 4) is 22.8 Å². The van der Waals surface area contributed by atoms with E-state index in [1.54, 1.807) is 13.2 Å². The Morgan fingerprint density at radius 3 is 2.76 bits per heavy atom. The SMILES string of the molecule is CCc1cc(-c2cc(Oc3ccc4cnn(C)c4c3)ccn2)ccc1C(=O)NC.[HH]. The fourth-order valence-corrected chi connectivity index (χ4v) is 3.36. The Balaban J connectivity index is 0.00000256. The highest BCUT2D eigenvalue weighted by Crippen LogP contribution is 2.29. The van der Waals surface area contributed by atoms with Crippen LogP contribution in [0.1, 0.15) is 24.3 Å². The van der Waals surface area contributed by atoms with Gasteiger partial charge in [-0.25, -0.2) is 0 Å². The van der Waals surface area contributed by atoms with Crippen LogP contribution >= 0.6 is 0 Å². The number of hydrogen-bond donors (Lipinski definition) is 1. The summed E-state index contributed by atoms with van der Waals surface area (Å²) in [6.45, 7) is 2.03. The number of benzene rings is 2. The predicted molar refractivity (Wildman–Crippen MR) is 115 cm³/mol. The molecule has 0 saturated carbocycles. The lowest BCUT2D eigenvalue weighted by atomic mass is 9.99.